The van der Waals surface area contributed by atoms with Crippen LogP contribution in [0.15, 0.2) is 16.6 Å². The molecule has 2 N–H and O–H groups in total. The highest BCUT2D eigenvalue weighted by Crippen LogP contribution is 2.28. The van der Waals surface area contributed by atoms with Crippen molar-refractivity contribution in [3.8, 4) is 5.75 Å². The van der Waals surface area contributed by atoms with Crippen molar-refractivity contribution < 1.29 is 9.94 Å². The maximum atomic E-state index is 8.56. The SMILES string of the molecule is COc1cc(C)c(CNO)cc1Br. The van der Waals surface area contributed by atoms with Gasteiger partial charge in [-0.1, -0.05) is 0 Å². The molecule has 0 bridgehead atoms. The molecule has 0 radical (unpaired) electrons. The number of rotatable bonds is 3. The van der Waals surface area contributed by atoms with Crippen molar-refractivity contribution in [3.05, 3.63) is 27.7 Å². The molecule has 0 aromatic heterocycles. The van der Waals surface area contributed by atoms with Gasteiger partial charge in [-0.15, -0.1) is 0 Å². The minimum Gasteiger partial charge on any atom is -0.496 e. The largest absolute Gasteiger partial charge is 0.496 e. The molecule has 1 aromatic carbocycles. The fourth-order valence-electron chi connectivity index (χ4n) is 1.13. The zero-order valence-electron chi connectivity index (χ0n) is 7.60. The number of hydroxylamine groups is 1. The van der Waals surface area contributed by atoms with E-state index in [4.69, 9.17) is 9.94 Å². The summed E-state index contributed by atoms with van der Waals surface area (Å²) in [6, 6.07) is 3.86. The third kappa shape index (κ3) is 2.43. The zero-order valence-corrected chi connectivity index (χ0v) is 9.18. The Morgan fingerprint density at radius 2 is 2.23 bits per heavy atom. The molecule has 0 aliphatic carbocycles. The number of methoxy groups -OCH3 is 1. The average Bonchev–Trinajstić information content (AvgIpc) is 2.11. The third-order valence-electron chi connectivity index (χ3n) is 1.88. The predicted molar refractivity (Wildman–Crippen MR) is 54.1 cm³/mol. The number of hydrogen-bond acceptors (Lipinski definition) is 3. The summed E-state index contributed by atoms with van der Waals surface area (Å²) < 4.78 is 6.02. The Morgan fingerprint density at radius 1 is 1.54 bits per heavy atom. The molecular weight excluding hydrogens is 234 g/mol. The van der Waals surface area contributed by atoms with Crippen molar-refractivity contribution in [1.82, 2.24) is 5.48 Å². The minimum absolute atomic E-state index is 0.439. The normalized spacial score (nSPS) is 10.2. The van der Waals surface area contributed by atoms with Crippen molar-refractivity contribution >= 4 is 15.9 Å². The Balaban J connectivity index is 3.05. The van der Waals surface area contributed by atoms with E-state index in [1.54, 1.807) is 7.11 Å². The number of nitrogens with one attached hydrogen (secondary N) is 1. The summed E-state index contributed by atoms with van der Waals surface area (Å²) in [5.74, 6) is 0.805. The standard InChI is InChI=1S/C9H12BrNO2/c1-6-3-9(13-2)8(10)4-7(6)5-11-12/h3-4,11-12H,5H2,1-2H3. The second kappa shape index (κ2) is 4.60. The van der Waals surface area contributed by atoms with Crippen LogP contribution in [0.5, 0.6) is 5.75 Å². The summed E-state index contributed by atoms with van der Waals surface area (Å²) in [6.07, 6.45) is 0. The van der Waals surface area contributed by atoms with E-state index < -0.39 is 0 Å². The summed E-state index contributed by atoms with van der Waals surface area (Å²) in [6.45, 7) is 2.41. The lowest BCUT2D eigenvalue weighted by Crippen LogP contribution is -2.07. The van der Waals surface area contributed by atoms with Gasteiger partial charge in [0.1, 0.15) is 5.75 Å². The number of benzene rings is 1. The van der Waals surface area contributed by atoms with Gasteiger partial charge in [-0.2, -0.15) is 0 Å². The molecule has 0 saturated heterocycles. The fraction of sp³-hybridized carbons (Fsp3) is 0.333. The first-order valence-corrected chi connectivity index (χ1v) is 4.68. The second-order valence-electron chi connectivity index (χ2n) is 2.75. The van der Waals surface area contributed by atoms with Crippen LogP contribution in [0, 0.1) is 6.92 Å². The smallest absolute Gasteiger partial charge is 0.133 e. The molecule has 0 fully saturated rings. The van der Waals surface area contributed by atoms with E-state index in [9.17, 15) is 0 Å². The maximum absolute atomic E-state index is 8.56. The van der Waals surface area contributed by atoms with Crippen LogP contribution in [0.3, 0.4) is 0 Å². The molecule has 0 heterocycles. The van der Waals surface area contributed by atoms with Gasteiger partial charge in [-0.3, -0.25) is 0 Å². The Labute approximate surface area is 85.8 Å². The van der Waals surface area contributed by atoms with Crippen molar-refractivity contribution in [1.29, 1.82) is 0 Å². The highest BCUT2D eigenvalue weighted by atomic mass is 79.9. The summed E-state index contributed by atoms with van der Waals surface area (Å²) >= 11 is 3.38. The number of ether oxygens (including phenoxy) is 1. The van der Waals surface area contributed by atoms with E-state index >= 15 is 0 Å². The molecule has 0 aliphatic rings. The lowest BCUT2D eigenvalue weighted by atomic mass is 10.1. The lowest BCUT2D eigenvalue weighted by molar-refractivity contribution is 0.161. The van der Waals surface area contributed by atoms with Gasteiger partial charge in [-0.25, -0.2) is 5.48 Å². The molecule has 72 valence electrons. The molecule has 3 nitrogen and oxygen atoms in total. The van der Waals surface area contributed by atoms with Crippen LogP contribution in [0.4, 0.5) is 0 Å². The van der Waals surface area contributed by atoms with E-state index in [1.165, 1.54) is 0 Å². The van der Waals surface area contributed by atoms with Gasteiger partial charge >= 0.3 is 0 Å². The van der Waals surface area contributed by atoms with Gasteiger partial charge in [0.25, 0.3) is 0 Å². The second-order valence-corrected chi connectivity index (χ2v) is 3.60. The van der Waals surface area contributed by atoms with Gasteiger partial charge in [-0.05, 0) is 46.1 Å². The Kier molecular flexibility index (Phi) is 3.71. The number of aryl methyl sites for hydroxylation is 1. The maximum Gasteiger partial charge on any atom is 0.133 e. The summed E-state index contributed by atoms with van der Waals surface area (Å²) in [5, 5.41) is 8.56. The van der Waals surface area contributed by atoms with E-state index in [0.29, 0.717) is 6.54 Å². The molecule has 0 saturated carbocycles. The van der Waals surface area contributed by atoms with E-state index in [2.05, 4.69) is 21.4 Å². The van der Waals surface area contributed by atoms with Crippen molar-refractivity contribution in [2.24, 2.45) is 0 Å². The first-order valence-electron chi connectivity index (χ1n) is 3.89. The zero-order chi connectivity index (χ0) is 9.84. The molecule has 1 aromatic rings. The van der Waals surface area contributed by atoms with Crippen LogP contribution >= 0.6 is 15.9 Å². The van der Waals surface area contributed by atoms with Gasteiger partial charge in [0, 0.05) is 6.54 Å². The topological polar surface area (TPSA) is 41.5 Å². The van der Waals surface area contributed by atoms with Gasteiger partial charge in [0.05, 0.1) is 11.6 Å². The molecule has 1 rings (SSSR count). The first kappa shape index (κ1) is 10.5. The summed E-state index contributed by atoms with van der Waals surface area (Å²) in [5.41, 5.74) is 4.25. The highest BCUT2D eigenvalue weighted by Gasteiger charge is 2.04. The molecule has 0 atom stereocenters. The highest BCUT2D eigenvalue weighted by molar-refractivity contribution is 9.10. The van der Waals surface area contributed by atoms with Crippen molar-refractivity contribution in [2.45, 2.75) is 13.5 Å². The van der Waals surface area contributed by atoms with Gasteiger partial charge in [0.15, 0.2) is 0 Å². The summed E-state index contributed by atoms with van der Waals surface area (Å²) in [7, 11) is 1.63. The van der Waals surface area contributed by atoms with Crippen LogP contribution in [-0.4, -0.2) is 12.3 Å². The molecule has 13 heavy (non-hydrogen) atoms. The quantitative estimate of drug-likeness (QED) is 0.803. The van der Waals surface area contributed by atoms with Crippen LogP contribution < -0.4 is 10.2 Å². The van der Waals surface area contributed by atoms with E-state index in [0.717, 1.165) is 21.3 Å². The van der Waals surface area contributed by atoms with Gasteiger partial charge in [0.2, 0.25) is 0 Å². The third-order valence-corrected chi connectivity index (χ3v) is 2.50. The van der Waals surface area contributed by atoms with Crippen LogP contribution in [0.25, 0.3) is 0 Å². The van der Waals surface area contributed by atoms with Crippen LogP contribution in [0.1, 0.15) is 11.1 Å². The number of halogens is 1. The lowest BCUT2D eigenvalue weighted by Gasteiger charge is -2.09. The van der Waals surface area contributed by atoms with E-state index in [-0.39, 0.29) is 0 Å². The fourth-order valence-corrected chi connectivity index (χ4v) is 1.68. The molecule has 0 amide bonds. The number of hydrogen-bond donors (Lipinski definition) is 2. The Morgan fingerprint density at radius 3 is 2.77 bits per heavy atom. The molecule has 0 unspecified atom stereocenters. The molecule has 4 heteroatoms. The molecular formula is C9H12BrNO2. The Hall–Kier alpha value is -0.580. The Bertz CT molecular complexity index is 302. The van der Waals surface area contributed by atoms with Crippen LogP contribution in [-0.2, 0) is 6.54 Å². The van der Waals surface area contributed by atoms with Crippen molar-refractivity contribution in [3.63, 3.8) is 0 Å². The molecule has 0 aliphatic heterocycles. The molecule has 0 spiro atoms. The van der Waals surface area contributed by atoms with Crippen molar-refractivity contribution in [2.75, 3.05) is 7.11 Å². The summed E-state index contributed by atoms with van der Waals surface area (Å²) in [4.78, 5) is 0. The monoisotopic (exact) mass is 245 g/mol. The van der Waals surface area contributed by atoms with Crippen LogP contribution in [0.2, 0.25) is 0 Å². The predicted octanol–water partition coefficient (Wildman–Crippen LogP) is 2.24. The first-order chi connectivity index (χ1) is 6.19. The minimum atomic E-state index is 0.439. The average molecular weight is 246 g/mol. The van der Waals surface area contributed by atoms with E-state index in [1.807, 2.05) is 19.1 Å². The van der Waals surface area contributed by atoms with Gasteiger partial charge < -0.3 is 9.94 Å².